The number of hydrogen-bond donors (Lipinski definition) is 1. The Morgan fingerprint density at radius 3 is 2.57 bits per heavy atom. The second-order valence-electron chi connectivity index (χ2n) is 4.79. The number of nitrogens with zero attached hydrogens (tertiary/aromatic N) is 2. The molecule has 2 aromatic rings. The van der Waals surface area contributed by atoms with E-state index in [1.165, 1.54) is 23.6 Å². The molecule has 0 saturated heterocycles. The molecule has 0 aliphatic rings. The zero-order valence-corrected chi connectivity index (χ0v) is 13.4. The summed E-state index contributed by atoms with van der Waals surface area (Å²) < 4.78 is 27.9. The van der Waals surface area contributed by atoms with E-state index in [2.05, 4.69) is 0 Å². The number of halogens is 1. The molecule has 5 nitrogen and oxygen atoms in total. The lowest BCUT2D eigenvalue weighted by atomic mass is 10.2. The number of aliphatic hydroxyl groups excluding tert-OH is 1. The van der Waals surface area contributed by atoms with Crippen LogP contribution in [0.15, 0.2) is 41.4 Å². The van der Waals surface area contributed by atoms with Crippen molar-refractivity contribution in [1.82, 2.24) is 8.87 Å². The lowest BCUT2D eigenvalue weighted by Gasteiger charge is -2.17. The van der Waals surface area contributed by atoms with Crippen LogP contribution in [0.5, 0.6) is 0 Å². The highest BCUT2D eigenvalue weighted by Gasteiger charge is 2.23. The minimum Gasteiger partial charge on any atom is -0.390 e. The van der Waals surface area contributed by atoms with Gasteiger partial charge in [-0.05, 0) is 17.7 Å². The molecule has 1 N–H and O–H groups in total. The Kier molecular flexibility index (Phi) is 4.73. The third-order valence-corrected chi connectivity index (χ3v) is 5.44. The Labute approximate surface area is 129 Å². The van der Waals surface area contributed by atoms with Gasteiger partial charge in [0.15, 0.2) is 0 Å². The van der Waals surface area contributed by atoms with Crippen LogP contribution in [0.2, 0.25) is 5.02 Å². The quantitative estimate of drug-likeness (QED) is 0.913. The molecule has 0 bridgehead atoms. The van der Waals surface area contributed by atoms with Crippen molar-refractivity contribution in [3.63, 3.8) is 0 Å². The summed E-state index contributed by atoms with van der Waals surface area (Å²) in [6, 6.07) is 8.60. The highest BCUT2D eigenvalue weighted by atomic mass is 35.5. The van der Waals surface area contributed by atoms with E-state index in [4.69, 9.17) is 16.7 Å². The number of aryl methyl sites for hydroxylation is 1. The normalized spacial score (nSPS) is 12.0. The molecule has 21 heavy (non-hydrogen) atoms. The van der Waals surface area contributed by atoms with Crippen LogP contribution < -0.4 is 0 Å². The molecule has 114 valence electrons. The van der Waals surface area contributed by atoms with Crippen molar-refractivity contribution in [2.24, 2.45) is 7.05 Å². The van der Waals surface area contributed by atoms with Gasteiger partial charge in [0.25, 0.3) is 0 Å². The molecule has 2 rings (SSSR count). The number of rotatable bonds is 5. The Hall–Kier alpha value is -1.34. The van der Waals surface area contributed by atoms with Gasteiger partial charge in [-0.25, -0.2) is 8.42 Å². The van der Waals surface area contributed by atoms with Crippen molar-refractivity contribution in [3.05, 3.63) is 52.8 Å². The van der Waals surface area contributed by atoms with Gasteiger partial charge in [0.05, 0.1) is 6.61 Å². The molecule has 0 atom stereocenters. The van der Waals surface area contributed by atoms with Crippen LogP contribution in [-0.2, 0) is 30.2 Å². The van der Waals surface area contributed by atoms with Crippen LogP contribution in [0.3, 0.4) is 0 Å². The SMILES string of the molecule is CN(Cc1ccccc1Cl)S(=O)(=O)c1cc(CO)n(C)c1. The molecule has 7 heteroatoms. The van der Waals surface area contributed by atoms with Gasteiger partial charge in [-0.1, -0.05) is 29.8 Å². The van der Waals surface area contributed by atoms with Crippen LogP contribution in [0.4, 0.5) is 0 Å². The molecule has 0 aliphatic heterocycles. The van der Waals surface area contributed by atoms with Crippen molar-refractivity contribution >= 4 is 21.6 Å². The first-order valence-corrected chi connectivity index (χ1v) is 8.14. The van der Waals surface area contributed by atoms with Crippen LogP contribution >= 0.6 is 11.6 Å². The maximum atomic E-state index is 12.5. The predicted molar refractivity (Wildman–Crippen MR) is 81.4 cm³/mol. The minimum atomic E-state index is -3.62. The molecular formula is C14H17ClN2O3S. The van der Waals surface area contributed by atoms with E-state index < -0.39 is 10.0 Å². The number of aliphatic hydroxyl groups is 1. The zero-order valence-electron chi connectivity index (χ0n) is 11.8. The molecule has 0 unspecified atom stereocenters. The summed E-state index contributed by atoms with van der Waals surface area (Å²) >= 11 is 6.06. The van der Waals surface area contributed by atoms with E-state index in [0.717, 1.165) is 5.56 Å². The van der Waals surface area contributed by atoms with E-state index >= 15 is 0 Å². The van der Waals surface area contributed by atoms with E-state index in [-0.39, 0.29) is 18.0 Å². The van der Waals surface area contributed by atoms with Crippen LogP contribution in [-0.4, -0.2) is 29.4 Å². The minimum absolute atomic E-state index is 0.156. The maximum Gasteiger partial charge on any atom is 0.244 e. The average Bonchev–Trinajstić information content (AvgIpc) is 2.83. The molecule has 1 heterocycles. The lowest BCUT2D eigenvalue weighted by molar-refractivity contribution is 0.272. The largest absolute Gasteiger partial charge is 0.390 e. The van der Waals surface area contributed by atoms with E-state index in [9.17, 15) is 8.42 Å². The number of sulfonamides is 1. The standard InChI is InChI=1S/C14H17ClN2O3S/c1-16-9-13(7-12(16)10-18)21(19,20)17(2)8-11-5-3-4-6-14(11)15/h3-7,9,18H,8,10H2,1-2H3. The average molecular weight is 329 g/mol. The number of hydrogen-bond acceptors (Lipinski definition) is 3. The smallest absolute Gasteiger partial charge is 0.244 e. The summed E-state index contributed by atoms with van der Waals surface area (Å²) in [7, 11) is -0.426. The van der Waals surface area contributed by atoms with Crippen molar-refractivity contribution < 1.29 is 13.5 Å². The first kappa shape index (κ1) is 16.0. The van der Waals surface area contributed by atoms with Crippen LogP contribution in [0, 0.1) is 0 Å². The van der Waals surface area contributed by atoms with Gasteiger partial charge in [-0.3, -0.25) is 0 Å². The van der Waals surface area contributed by atoms with Gasteiger partial charge in [0.2, 0.25) is 10.0 Å². The summed E-state index contributed by atoms with van der Waals surface area (Å²) in [6.07, 6.45) is 1.49. The Morgan fingerprint density at radius 2 is 2.00 bits per heavy atom. The molecule has 0 radical (unpaired) electrons. The predicted octanol–water partition coefficient (Wildman–Crippen LogP) is 1.99. The first-order chi connectivity index (χ1) is 9.86. The molecular weight excluding hydrogens is 312 g/mol. The maximum absolute atomic E-state index is 12.5. The van der Waals surface area contributed by atoms with E-state index in [0.29, 0.717) is 10.7 Å². The van der Waals surface area contributed by atoms with Gasteiger partial charge in [-0.2, -0.15) is 4.31 Å². The highest BCUT2D eigenvalue weighted by Crippen LogP contribution is 2.22. The highest BCUT2D eigenvalue weighted by molar-refractivity contribution is 7.89. The summed E-state index contributed by atoms with van der Waals surface area (Å²) in [5, 5.41) is 9.69. The second-order valence-corrected chi connectivity index (χ2v) is 7.24. The second kappa shape index (κ2) is 6.19. The summed E-state index contributed by atoms with van der Waals surface area (Å²) in [4.78, 5) is 0.156. The van der Waals surface area contributed by atoms with Crippen molar-refractivity contribution in [2.45, 2.75) is 18.0 Å². The molecule has 0 spiro atoms. The Bertz CT molecular complexity index is 740. The fourth-order valence-corrected chi connectivity index (χ4v) is 3.45. The molecule has 1 aromatic carbocycles. The Morgan fingerprint density at radius 1 is 1.33 bits per heavy atom. The molecule has 1 aromatic heterocycles. The molecule has 0 aliphatic carbocycles. The van der Waals surface area contributed by atoms with E-state index in [1.807, 2.05) is 6.07 Å². The van der Waals surface area contributed by atoms with Crippen molar-refractivity contribution in [3.8, 4) is 0 Å². The zero-order chi connectivity index (χ0) is 15.6. The number of aromatic nitrogens is 1. The van der Waals surface area contributed by atoms with Gasteiger partial charge >= 0.3 is 0 Å². The summed E-state index contributed by atoms with van der Waals surface area (Å²) in [5.41, 5.74) is 1.28. The Balaban J connectivity index is 2.28. The third kappa shape index (κ3) is 3.29. The molecule has 0 saturated carbocycles. The van der Waals surface area contributed by atoms with Crippen molar-refractivity contribution in [1.29, 1.82) is 0 Å². The summed E-state index contributed by atoms with van der Waals surface area (Å²) in [5.74, 6) is 0. The summed E-state index contributed by atoms with van der Waals surface area (Å²) in [6.45, 7) is -0.0222. The number of benzene rings is 1. The van der Waals surface area contributed by atoms with Crippen LogP contribution in [0.25, 0.3) is 0 Å². The third-order valence-electron chi connectivity index (χ3n) is 3.30. The molecule has 0 amide bonds. The molecule has 0 fully saturated rings. The van der Waals surface area contributed by atoms with E-state index in [1.54, 1.807) is 29.8 Å². The lowest BCUT2D eigenvalue weighted by Crippen LogP contribution is -2.26. The monoisotopic (exact) mass is 328 g/mol. The topological polar surface area (TPSA) is 62.5 Å². The van der Waals surface area contributed by atoms with Crippen molar-refractivity contribution in [2.75, 3.05) is 7.05 Å². The van der Waals surface area contributed by atoms with Gasteiger partial charge in [0.1, 0.15) is 4.90 Å². The van der Waals surface area contributed by atoms with Gasteiger partial charge in [0, 0.05) is 37.6 Å². The van der Waals surface area contributed by atoms with Crippen LogP contribution in [0.1, 0.15) is 11.3 Å². The fourth-order valence-electron chi connectivity index (χ4n) is 2.01. The first-order valence-electron chi connectivity index (χ1n) is 6.32. The van der Waals surface area contributed by atoms with Gasteiger partial charge < -0.3 is 9.67 Å². The van der Waals surface area contributed by atoms with Gasteiger partial charge in [-0.15, -0.1) is 0 Å². The fraction of sp³-hybridized carbons (Fsp3) is 0.286.